The van der Waals surface area contributed by atoms with Crippen LogP contribution in [0.2, 0.25) is 0 Å². The predicted octanol–water partition coefficient (Wildman–Crippen LogP) is 1.44. The summed E-state index contributed by atoms with van der Waals surface area (Å²) in [6.07, 6.45) is 1.77. The molecule has 142 valence electrons. The zero-order valence-corrected chi connectivity index (χ0v) is 14.3. The average Bonchev–Trinajstić information content (AvgIpc) is 3.26. The highest BCUT2D eigenvalue weighted by molar-refractivity contribution is 6.07. The second-order valence-electron chi connectivity index (χ2n) is 5.87. The second-order valence-corrected chi connectivity index (χ2v) is 5.87. The Morgan fingerprint density at radius 1 is 1.33 bits per heavy atom. The molecule has 3 atom stereocenters. The molecule has 1 aromatic rings. The van der Waals surface area contributed by atoms with Crippen molar-refractivity contribution in [1.29, 1.82) is 0 Å². The number of hydrogen-bond donors (Lipinski definition) is 1. The number of rotatable bonds is 5. The van der Waals surface area contributed by atoms with Crippen LogP contribution >= 0.6 is 0 Å². The summed E-state index contributed by atoms with van der Waals surface area (Å²) in [7, 11) is 1.22. The molecule has 0 bridgehead atoms. The fourth-order valence-corrected chi connectivity index (χ4v) is 2.81. The van der Waals surface area contributed by atoms with Gasteiger partial charge in [-0.2, -0.15) is 0 Å². The summed E-state index contributed by atoms with van der Waals surface area (Å²) in [4.78, 5) is 29.1. The summed E-state index contributed by atoms with van der Waals surface area (Å²) < 4.78 is 36.6. The lowest BCUT2D eigenvalue weighted by molar-refractivity contribution is -0.139. The van der Waals surface area contributed by atoms with Crippen molar-refractivity contribution < 1.29 is 32.7 Å². The molecule has 1 unspecified atom stereocenters. The van der Waals surface area contributed by atoms with Gasteiger partial charge < -0.3 is 19.6 Å². The van der Waals surface area contributed by atoms with Crippen LogP contribution < -0.4 is 5.32 Å². The third-order valence-electron chi connectivity index (χ3n) is 4.06. The molecule has 1 aromatic carbocycles. The number of amides is 1. The zero-order chi connectivity index (χ0) is 19.6. The molecule has 0 aliphatic carbocycles. The number of ether oxygens (including phenoxy) is 2. The van der Waals surface area contributed by atoms with Crippen LogP contribution in [0.4, 0.5) is 8.78 Å². The van der Waals surface area contributed by atoms with Crippen molar-refractivity contribution in [1.82, 2.24) is 5.32 Å². The van der Waals surface area contributed by atoms with Crippen molar-refractivity contribution in [2.75, 3.05) is 13.7 Å². The Hall–Kier alpha value is -3.23. The first-order valence-electron chi connectivity index (χ1n) is 7.99. The number of nitrogens with zero attached hydrogens (tertiary/aromatic N) is 1. The van der Waals surface area contributed by atoms with Gasteiger partial charge in [0.2, 0.25) is 11.9 Å². The van der Waals surface area contributed by atoms with E-state index in [9.17, 15) is 18.4 Å². The van der Waals surface area contributed by atoms with Gasteiger partial charge in [0, 0.05) is 11.6 Å². The third-order valence-corrected chi connectivity index (χ3v) is 4.06. The van der Waals surface area contributed by atoms with Crippen LogP contribution in [0, 0.1) is 17.6 Å². The summed E-state index contributed by atoms with van der Waals surface area (Å²) in [5.74, 6) is -3.43. The van der Waals surface area contributed by atoms with Gasteiger partial charge in [-0.3, -0.25) is 4.79 Å². The lowest BCUT2D eigenvalue weighted by atomic mass is 9.92. The largest absolute Gasteiger partial charge is 0.484 e. The molecule has 0 fully saturated rings. The van der Waals surface area contributed by atoms with Crippen molar-refractivity contribution in [2.45, 2.75) is 12.1 Å². The highest BCUT2D eigenvalue weighted by atomic mass is 19.1. The molecule has 7 nitrogen and oxygen atoms in total. The zero-order valence-electron chi connectivity index (χ0n) is 14.3. The summed E-state index contributed by atoms with van der Waals surface area (Å²) in [5.41, 5.74) is 0.349. The molecule has 2 heterocycles. The smallest absolute Gasteiger partial charge is 0.373 e. The summed E-state index contributed by atoms with van der Waals surface area (Å²) >= 11 is 0. The maximum absolute atomic E-state index is 13.5. The maximum Gasteiger partial charge on any atom is 0.373 e. The molecule has 2 aliphatic rings. The van der Waals surface area contributed by atoms with E-state index in [1.54, 1.807) is 0 Å². The van der Waals surface area contributed by atoms with Crippen LogP contribution in [0.25, 0.3) is 0 Å². The number of hydrogen-bond acceptors (Lipinski definition) is 6. The summed E-state index contributed by atoms with van der Waals surface area (Å²) in [6.45, 7) is 3.71. The number of nitrogens with one attached hydrogen (secondary N) is 1. The van der Waals surface area contributed by atoms with Gasteiger partial charge in [-0.05, 0) is 18.2 Å². The van der Waals surface area contributed by atoms with Crippen molar-refractivity contribution in [2.24, 2.45) is 11.1 Å². The molecule has 1 amide bonds. The first kappa shape index (κ1) is 18.6. The molecule has 3 rings (SSSR count). The number of carbonyl (C=O) groups is 2. The molecular weight excluding hydrogens is 362 g/mol. The fraction of sp³-hybridized carbons (Fsp3) is 0.278. The Balaban J connectivity index is 1.71. The first-order valence-corrected chi connectivity index (χ1v) is 7.99. The van der Waals surface area contributed by atoms with Gasteiger partial charge in [0.25, 0.3) is 5.91 Å². The molecule has 0 saturated carbocycles. The minimum absolute atomic E-state index is 0.00239. The number of oxime groups is 1. The molecule has 27 heavy (non-hydrogen) atoms. The number of carbonyl (C=O) groups excluding carboxylic acids is 2. The van der Waals surface area contributed by atoms with E-state index < -0.39 is 41.6 Å². The van der Waals surface area contributed by atoms with Crippen molar-refractivity contribution >= 4 is 17.6 Å². The standard InChI is InChI=1S/C18H16F2N2O5/c1-3-13-15(9-4-10(19)6-11(20)5-9)22-27-16(13)17(23)21-12-7-14(26-8-12)18(24)25-2/h3-7,12-13,16H,1,8H2,2H3,(H,21,23)/t12-,13?,16+/m1/s1. The molecule has 1 N–H and O–H groups in total. The minimum Gasteiger partial charge on any atom is -0.484 e. The van der Waals surface area contributed by atoms with Crippen LogP contribution in [0.5, 0.6) is 0 Å². The Kier molecular flexibility index (Phi) is 5.20. The van der Waals surface area contributed by atoms with Crippen molar-refractivity contribution in [3.8, 4) is 0 Å². The Labute approximate surface area is 153 Å². The van der Waals surface area contributed by atoms with Crippen LogP contribution in [-0.2, 0) is 23.9 Å². The first-order chi connectivity index (χ1) is 12.9. The van der Waals surface area contributed by atoms with Gasteiger partial charge >= 0.3 is 5.97 Å². The van der Waals surface area contributed by atoms with E-state index in [-0.39, 0.29) is 23.6 Å². The van der Waals surface area contributed by atoms with E-state index in [1.807, 2.05) is 0 Å². The molecular formula is C18H16F2N2O5. The van der Waals surface area contributed by atoms with Crippen LogP contribution in [0.1, 0.15) is 5.56 Å². The molecule has 0 saturated heterocycles. The number of esters is 1. The van der Waals surface area contributed by atoms with E-state index in [0.29, 0.717) is 0 Å². The topological polar surface area (TPSA) is 86.2 Å². The van der Waals surface area contributed by atoms with Gasteiger partial charge in [-0.15, -0.1) is 6.58 Å². The van der Waals surface area contributed by atoms with Gasteiger partial charge in [0.05, 0.1) is 24.8 Å². The highest BCUT2D eigenvalue weighted by Gasteiger charge is 2.39. The molecule has 0 spiro atoms. The average molecular weight is 378 g/mol. The van der Waals surface area contributed by atoms with Crippen LogP contribution in [-0.4, -0.2) is 43.5 Å². The summed E-state index contributed by atoms with van der Waals surface area (Å²) in [5, 5.41) is 6.45. The van der Waals surface area contributed by atoms with Gasteiger partial charge in [0.1, 0.15) is 18.2 Å². The quantitative estimate of drug-likeness (QED) is 0.619. The van der Waals surface area contributed by atoms with Crippen LogP contribution in [0.15, 0.2) is 47.8 Å². The van der Waals surface area contributed by atoms with Gasteiger partial charge in [-0.1, -0.05) is 11.2 Å². The number of methoxy groups -OCH3 is 1. The normalized spacial score (nSPS) is 23.6. The fourth-order valence-electron chi connectivity index (χ4n) is 2.81. The minimum atomic E-state index is -1.07. The van der Waals surface area contributed by atoms with E-state index in [1.165, 1.54) is 19.3 Å². The van der Waals surface area contributed by atoms with E-state index in [2.05, 4.69) is 21.8 Å². The van der Waals surface area contributed by atoms with E-state index in [4.69, 9.17) is 9.57 Å². The van der Waals surface area contributed by atoms with Gasteiger partial charge in [-0.25, -0.2) is 13.6 Å². The van der Waals surface area contributed by atoms with Gasteiger partial charge in [0.15, 0.2) is 0 Å². The predicted molar refractivity (Wildman–Crippen MR) is 89.4 cm³/mol. The molecule has 9 heteroatoms. The lowest BCUT2D eigenvalue weighted by Gasteiger charge is -2.17. The SMILES string of the molecule is C=CC1C(c2cc(F)cc(F)c2)=NO[C@@H]1C(=O)N[C@@H]1C=C(C(=O)OC)OC1. The Bertz CT molecular complexity index is 832. The highest BCUT2D eigenvalue weighted by Crippen LogP contribution is 2.26. The van der Waals surface area contributed by atoms with E-state index in [0.717, 1.165) is 18.2 Å². The second kappa shape index (κ2) is 7.56. The Morgan fingerprint density at radius 2 is 2.04 bits per heavy atom. The number of benzene rings is 1. The van der Waals surface area contributed by atoms with Crippen molar-refractivity contribution in [3.63, 3.8) is 0 Å². The lowest BCUT2D eigenvalue weighted by Crippen LogP contribution is -2.44. The molecule has 0 radical (unpaired) electrons. The Morgan fingerprint density at radius 3 is 2.67 bits per heavy atom. The van der Waals surface area contributed by atoms with Crippen molar-refractivity contribution in [3.05, 3.63) is 59.9 Å². The van der Waals surface area contributed by atoms with E-state index >= 15 is 0 Å². The summed E-state index contributed by atoms with van der Waals surface area (Å²) in [6, 6.07) is 2.37. The van der Waals surface area contributed by atoms with Crippen LogP contribution in [0.3, 0.4) is 0 Å². The maximum atomic E-state index is 13.5. The monoisotopic (exact) mass is 378 g/mol. The number of halogens is 2. The third kappa shape index (κ3) is 3.81. The molecule has 0 aromatic heterocycles. The molecule has 2 aliphatic heterocycles.